The van der Waals surface area contributed by atoms with E-state index in [4.69, 9.17) is 4.74 Å². The summed E-state index contributed by atoms with van der Waals surface area (Å²) in [6.07, 6.45) is 1.68. The number of aryl methyl sites for hydroxylation is 1. The van der Waals surface area contributed by atoms with Gasteiger partial charge in [0.25, 0.3) is 5.91 Å². The second-order valence-corrected chi connectivity index (χ2v) is 5.61. The third-order valence-corrected chi connectivity index (χ3v) is 4.23. The van der Waals surface area contributed by atoms with Crippen LogP contribution >= 0.6 is 0 Å². The lowest BCUT2D eigenvalue weighted by Crippen LogP contribution is -2.59. The molecule has 0 aliphatic carbocycles. The number of nitrogens with zero attached hydrogens (tertiary/aromatic N) is 3. The monoisotopic (exact) mass is 291 g/mol. The molecule has 2 aliphatic heterocycles. The van der Waals surface area contributed by atoms with Crippen molar-refractivity contribution in [2.45, 2.75) is 32.2 Å². The van der Waals surface area contributed by atoms with Gasteiger partial charge < -0.3 is 20.3 Å². The Morgan fingerprint density at radius 2 is 2.29 bits per heavy atom. The first-order valence-corrected chi connectivity index (χ1v) is 7.34. The maximum atomic E-state index is 12.5. The minimum Gasteiger partial charge on any atom is -0.378 e. The van der Waals surface area contributed by atoms with E-state index < -0.39 is 5.54 Å². The molecule has 0 radical (unpaired) electrons. The highest BCUT2D eigenvalue weighted by molar-refractivity contribution is 6.06. The molecule has 0 bridgehead atoms. The maximum Gasteiger partial charge on any atom is 0.252 e. The summed E-state index contributed by atoms with van der Waals surface area (Å²) in [5.41, 5.74) is 0.824. The van der Waals surface area contributed by atoms with Crippen LogP contribution in [0.25, 0.3) is 0 Å². The van der Waals surface area contributed by atoms with E-state index in [1.54, 1.807) is 0 Å². The van der Waals surface area contributed by atoms with Crippen LogP contribution in [-0.2, 0) is 9.53 Å². The Hall–Kier alpha value is -1.89. The molecule has 1 fully saturated rings. The molecular weight excluding hydrogens is 270 g/mol. The van der Waals surface area contributed by atoms with E-state index in [9.17, 15) is 4.79 Å². The van der Waals surface area contributed by atoms with Gasteiger partial charge in [0.05, 0.1) is 12.3 Å². The van der Waals surface area contributed by atoms with E-state index in [2.05, 4.69) is 27.5 Å². The zero-order chi connectivity index (χ0) is 15.0. The molecule has 2 N–H and O–H groups in total. The SMILES string of the molecule is CCCNc1nc(C)c2c(n1)N(C)C1(CCOC1)C(=O)N2. The van der Waals surface area contributed by atoms with Crippen LogP contribution in [0.5, 0.6) is 0 Å². The fourth-order valence-corrected chi connectivity index (χ4v) is 2.85. The van der Waals surface area contributed by atoms with Gasteiger partial charge in [-0.2, -0.15) is 4.98 Å². The lowest BCUT2D eigenvalue weighted by atomic mass is 9.93. The molecule has 0 saturated carbocycles. The first-order chi connectivity index (χ1) is 10.1. The third kappa shape index (κ3) is 2.12. The van der Waals surface area contributed by atoms with Gasteiger partial charge in [-0.25, -0.2) is 4.98 Å². The molecule has 1 aromatic heterocycles. The number of amides is 1. The predicted molar refractivity (Wildman–Crippen MR) is 80.7 cm³/mol. The van der Waals surface area contributed by atoms with E-state index >= 15 is 0 Å². The van der Waals surface area contributed by atoms with Crippen molar-refractivity contribution < 1.29 is 9.53 Å². The number of rotatable bonds is 3. The van der Waals surface area contributed by atoms with Crippen LogP contribution in [0.15, 0.2) is 0 Å². The largest absolute Gasteiger partial charge is 0.378 e. The van der Waals surface area contributed by atoms with Crippen molar-refractivity contribution >= 4 is 23.4 Å². The second kappa shape index (κ2) is 5.14. The lowest BCUT2D eigenvalue weighted by Gasteiger charge is -2.41. The van der Waals surface area contributed by atoms with E-state index in [0.717, 1.165) is 24.5 Å². The van der Waals surface area contributed by atoms with Crippen LogP contribution in [0.1, 0.15) is 25.5 Å². The highest BCUT2D eigenvalue weighted by atomic mass is 16.5. The quantitative estimate of drug-likeness (QED) is 0.870. The Balaban J connectivity index is 2.02. The zero-order valence-corrected chi connectivity index (χ0v) is 12.7. The number of nitrogens with one attached hydrogen (secondary N) is 2. The minimum absolute atomic E-state index is 0.0315. The average molecular weight is 291 g/mol. The van der Waals surface area contributed by atoms with Gasteiger partial charge in [0, 0.05) is 26.6 Å². The van der Waals surface area contributed by atoms with Crippen LogP contribution in [0.4, 0.5) is 17.5 Å². The van der Waals surface area contributed by atoms with E-state index in [-0.39, 0.29) is 5.91 Å². The van der Waals surface area contributed by atoms with Crippen molar-refractivity contribution in [1.29, 1.82) is 0 Å². The van der Waals surface area contributed by atoms with Gasteiger partial charge in [0.2, 0.25) is 5.95 Å². The number of carbonyl (C=O) groups excluding carboxylic acids is 1. The molecule has 2 aliphatic rings. The molecule has 1 spiro atoms. The Morgan fingerprint density at radius 1 is 1.48 bits per heavy atom. The first-order valence-electron chi connectivity index (χ1n) is 7.34. The van der Waals surface area contributed by atoms with E-state index in [1.807, 2.05) is 18.9 Å². The van der Waals surface area contributed by atoms with Crippen molar-refractivity contribution in [2.75, 3.05) is 42.3 Å². The summed E-state index contributed by atoms with van der Waals surface area (Å²) in [6.45, 7) is 5.79. The van der Waals surface area contributed by atoms with Crippen LogP contribution in [0, 0.1) is 6.92 Å². The molecule has 7 nitrogen and oxygen atoms in total. The van der Waals surface area contributed by atoms with E-state index in [0.29, 0.717) is 31.3 Å². The molecule has 3 rings (SSSR count). The van der Waals surface area contributed by atoms with Crippen molar-refractivity contribution in [3.8, 4) is 0 Å². The first kappa shape index (κ1) is 14.1. The van der Waals surface area contributed by atoms with Gasteiger partial charge in [0.1, 0.15) is 11.2 Å². The van der Waals surface area contributed by atoms with Crippen LogP contribution in [0.2, 0.25) is 0 Å². The second-order valence-electron chi connectivity index (χ2n) is 5.61. The fourth-order valence-electron chi connectivity index (χ4n) is 2.85. The average Bonchev–Trinajstić information content (AvgIpc) is 2.95. The van der Waals surface area contributed by atoms with Gasteiger partial charge in [0.15, 0.2) is 5.82 Å². The summed E-state index contributed by atoms with van der Waals surface area (Å²) >= 11 is 0. The Morgan fingerprint density at radius 3 is 2.95 bits per heavy atom. The molecule has 1 unspecified atom stereocenters. The minimum atomic E-state index is -0.643. The number of likely N-dealkylation sites (N-methyl/N-ethyl adjacent to an activating group) is 1. The number of hydrogen-bond donors (Lipinski definition) is 2. The van der Waals surface area contributed by atoms with Gasteiger partial charge in [-0.05, 0) is 13.3 Å². The lowest BCUT2D eigenvalue weighted by molar-refractivity contribution is -0.121. The summed E-state index contributed by atoms with van der Waals surface area (Å²) in [4.78, 5) is 23.4. The Bertz CT molecular complexity index is 569. The highest BCUT2D eigenvalue weighted by Gasteiger charge is 2.50. The Kier molecular flexibility index (Phi) is 3.44. The van der Waals surface area contributed by atoms with E-state index in [1.165, 1.54) is 0 Å². The fraction of sp³-hybridized carbons (Fsp3) is 0.643. The van der Waals surface area contributed by atoms with Gasteiger partial charge >= 0.3 is 0 Å². The zero-order valence-electron chi connectivity index (χ0n) is 12.7. The van der Waals surface area contributed by atoms with Crippen molar-refractivity contribution in [3.05, 3.63) is 5.69 Å². The number of carbonyl (C=O) groups is 1. The van der Waals surface area contributed by atoms with Crippen LogP contribution < -0.4 is 15.5 Å². The number of hydrogen-bond acceptors (Lipinski definition) is 6. The summed E-state index contributed by atoms with van der Waals surface area (Å²) < 4.78 is 5.46. The van der Waals surface area contributed by atoms with Gasteiger partial charge in [-0.3, -0.25) is 4.79 Å². The number of anilines is 3. The molecule has 3 heterocycles. The summed E-state index contributed by atoms with van der Waals surface area (Å²) in [5.74, 6) is 1.33. The number of fused-ring (bicyclic) bond motifs is 1. The smallest absolute Gasteiger partial charge is 0.252 e. The molecule has 1 atom stereocenters. The topological polar surface area (TPSA) is 79.4 Å². The molecular formula is C14H21N5O2. The third-order valence-electron chi connectivity index (χ3n) is 4.23. The summed E-state index contributed by atoms with van der Waals surface area (Å²) in [7, 11) is 1.91. The number of ether oxygens (including phenoxy) is 1. The van der Waals surface area contributed by atoms with Gasteiger partial charge in [-0.15, -0.1) is 0 Å². The predicted octanol–water partition coefficient (Wildman–Crippen LogP) is 1.15. The molecule has 1 amide bonds. The highest BCUT2D eigenvalue weighted by Crippen LogP contribution is 2.40. The van der Waals surface area contributed by atoms with Crippen molar-refractivity contribution in [1.82, 2.24) is 9.97 Å². The summed E-state index contributed by atoms with van der Waals surface area (Å²) in [6, 6.07) is 0. The number of aromatic nitrogens is 2. The molecule has 7 heteroatoms. The van der Waals surface area contributed by atoms with Crippen molar-refractivity contribution in [2.24, 2.45) is 0 Å². The molecule has 1 saturated heterocycles. The molecule has 1 aromatic rings. The van der Waals surface area contributed by atoms with Crippen molar-refractivity contribution in [3.63, 3.8) is 0 Å². The normalized spacial score (nSPS) is 24.1. The summed E-state index contributed by atoms with van der Waals surface area (Å²) in [5, 5.41) is 6.16. The molecule has 114 valence electrons. The standard InChI is InChI=1S/C14H21N5O2/c1-4-6-15-13-16-9(2)10-11(18-13)19(3)14(12(20)17-10)5-7-21-8-14/h4-8H2,1-3H3,(H,17,20)(H,15,16,18). The van der Waals surface area contributed by atoms with Crippen LogP contribution in [0.3, 0.4) is 0 Å². The Labute approximate surface area is 124 Å². The maximum absolute atomic E-state index is 12.5. The molecule has 0 aromatic carbocycles. The van der Waals surface area contributed by atoms with Gasteiger partial charge in [-0.1, -0.05) is 6.92 Å². The van der Waals surface area contributed by atoms with Crippen LogP contribution in [-0.4, -0.2) is 48.2 Å². The molecule has 21 heavy (non-hydrogen) atoms.